The van der Waals surface area contributed by atoms with Crippen LogP contribution in [0.5, 0.6) is 0 Å². The van der Waals surface area contributed by atoms with Gasteiger partial charge in [-0.1, -0.05) is 0 Å². The predicted molar refractivity (Wildman–Crippen MR) is 76.4 cm³/mol. The Labute approximate surface area is 120 Å². The van der Waals surface area contributed by atoms with Gasteiger partial charge in [-0.2, -0.15) is 5.10 Å². The molecule has 0 bridgehead atoms. The Bertz CT molecular complexity index is 652. The number of aromatic nitrogens is 2. The fourth-order valence-corrected chi connectivity index (χ4v) is 1.86. The summed E-state index contributed by atoms with van der Waals surface area (Å²) in [5.41, 5.74) is 0.615. The zero-order valence-corrected chi connectivity index (χ0v) is 11.6. The Morgan fingerprint density at radius 1 is 1.14 bits per heavy atom. The van der Waals surface area contributed by atoms with Gasteiger partial charge in [0.1, 0.15) is 11.6 Å². The number of likely N-dealkylation sites (N-methyl/N-ethyl adjacent to an activating group) is 1. The summed E-state index contributed by atoms with van der Waals surface area (Å²) in [4.78, 5) is 11.9. The molecule has 0 aliphatic carbocycles. The van der Waals surface area contributed by atoms with E-state index in [0.29, 0.717) is 17.8 Å². The van der Waals surface area contributed by atoms with Crippen molar-refractivity contribution < 1.29 is 8.78 Å². The van der Waals surface area contributed by atoms with Gasteiger partial charge in [0.05, 0.1) is 18.4 Å². The van der Waals surface area contributed by atoms with E-state index in [2.05, 4.69) is 15.7 Å². The molecule has 0 aliphatic heterocycles. The highest BCUT2D eigenvalue weighted by Gasteiger charge is 2.04. The van der Waals surface area contributed by atoms with E-state index in [1.165, 1.54) is 24.4 Å². The average Bonchev–Trinajstić information content (AvgIpc) is 2.41. The number of nitrogens with one attached hydrogen (secondary N) is 2. The van der Waals surface area contributed by atoms with Crippen LogP contribution in [0.3, 0.4) is 0 Å². The first-order valence-electron chi connectivity index (χ1n) is 6.49. The summed E-state index contributed by atoms with van der Waals surface area (Å²) in [5.74, 6) is -1.35. The van der Waals surface area contributed by atoms with Gasteiger partial charge in [-0.15, -0.1) is 0 Å². The summed E-state index contributed by atoms with van der Waals surface area (Å²) < 4.78 is 27.4. The maximum absolute atomic E-state index is 13.1. The molecule has 2 N–H and O–H groups in total. The van der Waals surface area contributed by atoms with Gasteiger partial charge in [0, 0.05) is 25.2 Å². The van der Waals surface area contributed by atoms with E-state index in [-0.39, 0.29) is 12.1 Å². The van der Waals surface area contributed by atoms with Crippen LogP contribution in [-0.2, 0) is 6.54 Å². The lowest BCUT2D eigenvalue weighted by Gasteiger charge is -2.08. The molecule has 0 saturated carbocycles. The third-order valence-electron chi connectivity index (χ3n) is 2.83. The van der Waals surface area contributed by atoms with Crippen molar-refractivity contribution in [2.45, 2.75) is 6.54 Å². The smallest absolute Gasteiger partial charge is 0.269 e. The molecule has 0 unspecified atom stereocenters. The zero-order chi connectivity index (χ0) is 15.2. The topological polar surface area (TPSA) is 59.0 Å². The molecule has 1 aromatic carbocycles. The minimum atomic E-state index is -0.677. The van der Waals surface area contributed by atoms with Crippen LogP contribution in [0, 0.1) is 11.6 Å². The van der Waals surface area contributed by atoms with Crippen LogP contribution in [0.4, 0.5) is 14.5 Å². The van der Waals surface area contributed by atoms with Crippen LogP contribution < -0.4 is 16.2 Å². The minimum absolute atomic E-state index is 0.0182. The molecule has 7 heteroatoms. The molecule has 0 fully saturated rings. The van der Waals surface area contributed by atoms with Gasteiger partial charge in [-0.25, -0.2) is 13.5 Å². The zero-order valence-electron chi connectivity index (χ0n) is 11.6. The van der Waals surface area contributed by atoms with Gasteiger partial charge in [-0.05, 0) is 24.7 Å². The molecule has 1 heterocycles. The number of nitrogens with zero attached hydrogens (tertiary/aromatic N) is 2. The SMILES string of the molecule is CNCCNc1cnn(Cc2cc(F)cc(F)c2)c(=O)c1. The highest BCUT2D eigenvalue weighted by atomic mass is 19.1. The van der Waals surface area contributed by atoms with E-state index in [1.54, 1.807) is 0 Å². The van der Waals surface area contributed by atoms with Gasteiger partial charge in [0.25, 0.3) is 5.56 Å². The van der Waals surface area contributed by atoms with Gasteiger partial charge in [0.15, 0.2) is 0 Å². The van der Waals surface area contributed by atoms with Crippen LogP contribution >= 0.6 is 0 Å². The van der Waals surface area contributed by atoms with Gasteiger partial charge < -0.3 is 10.6 Å². The predicted octanol–water partition coefficient (Wildman–Crippen LogP) is 1.20. The lowest BCUT2D eigenvalue weighted by Crippen LogP contribution is -2.24. The molecule has 2 rings (SSSR count). The fraction of sp³-hybridized carbons (Fsp3) is 0.286. The minimum Gasteiger partial charge on any atom is -0.382 e. The van der Waals surface area contributed by atoms with Gasteiger partial charge >= 0.3 is 0 Å². The number of hydrogen-bond acceptors (Lipinski definition) is 4. The molecule has 1 aromatic heterocycles. The summed E-state index contributed by atoms with van der Waals surface area (Å²) in [5, 5.41) is 10.00. The van der Waals surface area contributed by atoms with E-state index in [1.807, 2.05) is 7.05 Å². The number of rotatable bonds is 6. The van der Waals surface area contributed by atoms with Crippen LogP contribution in [0.15, 0.2) is 35.3 Å². The Hall–Kier alpha value is -2.28. The number of anilines is 1. The molecular weight excluding hydrogens is 278 g/mol. The molecule has 0 aliphatic rings. The lowest BCUT2D eigenvalue weighted by atomic mass is 10.2. The largest absolute Gasteiger partial charge is 0.382 e. The summed E-state index contributed by atoms with van der Waals surface area (Å²) in [6, 6.07) is 4.54. The Kier molecular flexibility index (Phi) is 4.99. The fourth-order valence-electron chi connectivity index (χ4n) is 1.86. The third-order valence-corrected chi connectivity index (χ3v) is 2.83. The first-order valence-corrected chi connectivity index (χ1v) is 6.49. The van der Waals surface area contributed by atoms with E-state index >= 15 is 0 Å². The lowest BCUT2D eigenvalue weighted by molar-refractivity contribution is 0.570. The van der Waals surface area contributed by atoms with Crippen molar-refractivity contribution >= 4 is 5.69 Å². The molecule has 0 radical (unpaired) electrons. The van der Waals surface area contributed by atoms with Crippen LogP contribution in [-0.4, -0.2) is 29.9 Å². The van der Waals surface area contributed by atoms with Crippen molar-refractivity contribution in [3.8, 4) is 0 Å². The van der Waals surface area contributed by atoms with E-state index in [9.17, 15) is 13.6 Å². The molecule has 2 aromatic rings. The van der Waals surface area contributed by atoms with Crippen LogP contribution in [0.2, 0.25) is 0 Å². The van der Waals surface area contributed by atoms with Crippen LogP contribution in [0.25, 0.3) is 0 Å². The molecule has 5 nitrogen and oxygen atoms in total. The maximum Gasteiger partial charge on any atom is 0.269 e. The normalized spacial score (nSPS) is 10.6. The van der Waals surface area contributed by atoms with Crippen molar-refractivity contribution in [1.82, 2.24) is 15.1 Å². The van der Waals surface area contributed by atoms with E-state index in [0.717, 1.165) is 17.3 Å². The molecule has 112 valence electrons. The Balaban J connectivity index is 2.12. The summed E-state index contributed by atoms with van der Waals surface area (Å²) >= 11 is 0. The first kappa shape index (κ1) is 15.1. The van der Waals surface area contributed by atoms with Crippen molar-refractivity contribution in [3.05, 3.63) is 58.0 Å². The molecule has 0 atom stereocenters. The van der Waals surface area contributed by atoms with E-state index in [4.69, 9.17) is 0 Å². The van der Waals surface area contributed by atoms with Gasteiger partial charge in [0.2, 0.25) is 0 Å². The third kappa shape index (κ3) is 4.35. The molecule has 0 amide bonds. The second kappa shape index (κ2) is 6.94. The number of halogens is 2. The molecule has 0 spiro atoms. The highest BCUT2D eigenvalue weighted by Crippen LogP contribution is 2.09. The summed E-state index contributed by atoms with van der Waals surface area (Å²) in [6.45, 7) is 1.44. The van der Waals surface area contributed by atoms with Gasteiger partial charge in [-0.3, -0.25) is 4.79 Å². The summed E-state index contributed by atoms with van der Waals surface area (Å²) in [6.07, 6.45) is 1.51. The maximum atomic E-state index is 13.1. The first-order chi connectivity index (χ1) is 10.1. The number of benzene rings is 1. The van der Waals surface area contributed by atoms with Crippen LogP contribution in [0.1, 0.15) is 5.56 Å². The molecule has 21 heavy (non-hydrogen) atoms. The second-order valence-electron chi connectivity index (χ2n) is 4.55. The monoisotopic (exact) mass is 294 g/mol. The summed E-state index contributed by atoms with van der Waals surface area (Å²) in [7, 11) is 1.83. The van der Waals surface area contributed by atoms with Crippen molar-refractivity contribution in [3.63, 3.8) is 0 Å². The Morgan fingerprint density at radius 3 is 2.48 bits per heavy atom. The Morgan fingerprint density at radius 2 is 1.86 bits per heavy atom. The van der Waals surface area contributed by atoms with Crippen molar-refractivity contribution in [1.29, 1.82) is 0 Å². The van der Waals surface area contributed by atoms with Crippen molar-refractivity contribution in [2.24, 2.45) is 0 Å². The molecular formula is C14H16F2N4O. The second-order valence-corrected chi connectivity index (χ2v) is 4.55. The van der Waals surface area contributed by atoms with Crippen molar-refractivity contribution in [2.75, 3.05) is 25.5 Å². The average molecular weight is 294 g/mol. The quantitative estimate of drug-likeness (QED) is 0.786. The number of hydrogen-bond donors (Lipinski definition) is 2. The molecule has 0 saturated heterocycles. The standard InChI is InChI=1S/C14H16F2N4O/c1-17-2-3-18-13-7-14(21)20(19-8-13)9-10-4-11(15)6-12(16)5-10/h4-8,17-18H,2-3,9H2,1H3. The highest BCUT2D eigenvalue weighted by molar-refractivity contribution is 5.38. The van der Waals surface area contributed by atoms with E-state index < -0.39 is 11.6 Å².